The number of hydrogen-bond donors (Lipinski definition) is 1. The van der Waals surface area contributed by atoms with Gasteiger partial charge in [-0.1, -0.05) is 17.7 Å². The standard InChI is InChI=1S/C19H16ClFN4O/c20-17-10-16(21)3-4-18(17)24-19(26)25(12-14-5-8-22-9-6-14)13-15-2-1-7-23-11-15/h1-11H,12-13H2,(H,24,26). The van der Waals surface area contributed by atoms with Gasteiger partial charge in [-0.2, -0.15) is 0 Å². The zero-order chi connectivity index (χ0) is 18.4. The number of urea groups is 1. The highest BCUT2D eigenvalue weighted by molar-refractivity contribution is 6.33. The van der Waals surface area contributed by atoms with Gasteiger partial charge in [-0.15, -0.1) is 0 Å². The quantitative estimate of drug-likeness (QED) is 0.719. The topological polar surface area (TPSA) is 58.1 Å². The smallest absolute Gasteiger partial charge is 0.316 e. The van der Waals surface area contributed by atoms with Crippen LogP contribution in [0.15, 0.2) is 67.3 Å². The number of pyridine rings is 2. The lowest BCUT2D eigenvalue weighted by Crippen LogP contribution is -2.34. The third-order valence-electron chi connectivity index (χ3n) is 3.68. The van der Waals surface area contributed by atoms with Crippen molar-refractivity contribution in [3.05, 3.63) is 89.2 Å². The third kappa shape index (κ3) is 4.77. The Morgan fingerprint density at radius 2 is 1.81 bits per heavy atom. The minimum absolute atomic E-state index is 0.142. The molecule has 0 bridgehead atoms. The molecule has 0 aliphatic heterocycles. The van der Waals surface area contributed by atoms with Gasteiger partial charge in [0.2, 0.25) is 0 Å². The summed E-state index contributed by atoms with van der Waals surface area (Å²) in [6.07, 6.45) is 6.73. The lowest BCUT2D eigenvalue weighted by atomic mass is 10.2. The third-order valence-corrected chi connectivity index (χ3v) is 3.99. The van der Waals surface area contributed by atoms with Crippen LogP contribution in [-0.2, 0) is 13.1 Å². The first-order chi connectivity index (χ1) is 12.6. The Kier molecular flexibility index (Phi) is 5.76. The molecule has 3 rings (SSSR count). The summed E-state index contributed by atoms with van der Waals surface area (Å²) < 4.78 is 13.2. The van der Waals surface area contributed by atoms with Crippen molar-refractivity contribution in [1.29, 1.82) is 0 Å². The van der Waals surface area contributed by atoms with E-state index in [-0.39, 0.29) is 11.1 Å². The van der Waals surface area contributed by atoms with E-state index < -0.39 is 5.82 Å². The van der Waals surface area contributed by atoms with Crippen molar-refractivity contribution >= 4 is 23.3 Å². The summed E-state index contributed by atoms with van der Waals surface area (Å²) >= 11 is 6.01. The zero-order valence-corrected chi connectivity index (χ0v) is 14.5. The summed E-state index contributed by atoms with van der Waals surface area (Å²) in [5.41, 5.74) is 2.18. The number of nitrogens with one attached hydrogen (secondary N) is 1. The number of carbonyl (C=O) groups is 1. The molecule has 132 valence electrons. The van der Waals surface area contributed by atoms with Gasteiger partial charge < -0.3 is 10.2 Å². The average Bonchev–Trinajstić information content (AvgIpc) is 2.65. The Labute approximate surface area is 155 Å². The van der Waals surface area contributed by atoms with E-state index in [0.29, 0.717) is 18.8 Å². The first-order valence-corrected chi connectivity index (χ1v) is 8.28. The molecule has 5 nitrogen and oxygen atoms in total. The Hall–Kier alpha value is -2.99. The fraction of sp³-hybridized carbons (Fsp3) is 0.105. The van der Waals surface area contributed by atoms with Gasteiger partial charge >= 0.3 is 6.03 Å². The van der Waals surface area contributed by atoms with Gasteiger partial charge in [0.15, 0.2) is 0 Å². The van der Waals surface area contributed by atoms with E-state index >= 15 is 0 Å². The summed E-state index contributed by atoms with van der Waals surface area (Å²) in [6.45, 7) is 0.739. The molecule has 0 spiro atoms. The summed E-state index contributed by atoms with van der Waals surface area (Å²) in [7, 11) is 0. The maximum atomic E-state index is 13.2. The van der Waals surface area contributed by atoms with Gasteiger partial charge in [-0.3, -0.25) is 9.97 Å². The van der Waals surface area contributed by atoms with Gasteiger partial charge in [0.05, 0.1) is 10.7 Å². The Morgan fingerprint density at radius 3 is 2.50 bits per heavy atom. The van der Waals surface area contributed by atoms with E-state index in [1.165, 1.54) is 12.1 Å². The Morgan fingerprint density at radius 1 is 1.04 bits per heavy atom. The summed E-state index contributed by atoms with van der Waals surface area (Å²) in [6, 6.07) is 10.9. The monoisotopic (exact) mass is 370 g/mol. The summed E-state index contributed by atoms with van der Waals surface area (Å²) in [5.74, 6) is -0.461. The lowest BCUT2D eigenvalue weighted by molar-refractivity contribution is 0.206. The second-order valence-corrected chi connectivity index (χ2v) is 6.03. The number of nitrogens with zero attached hydrogens (tertiary/aromatic N) is 3. The van der Waals surface area contributed by atoms with Crippen molar-refractivity contribution in [2.45, 2.75) is 13.1 Å². The van der Waals surface area contributed by atoms with E-state index in [2.05, 4.69) is 15.3 Å². The molecule has 0 radical (unpaired) electrons. The fourth-order valence-electron chi connectivity index (χ4n) is 2.41. The molecular formula is C19H16ClFN4O. The number of aromatic nitrogens is 2. The van der Waals surface area contributed by atoms with Crippen molar-refractivity contribution in [3.8, 4) is 0 Å². The Bertz CT molecular complexity index is 836. The van der Waals surface area contributed by atoms with Crippen LogP contribution in [0.2, 0.25) is 5.02 Å². The SMILES string of the molecule is O=C(Nc1ccc(F)cc1Cl)N(Cc1ccncc1)Cc1cccnc1. The molecule has 1 aromatic carbocycles. The molecule has 3 aromatic rings. The van der Waals surface area contributed by atoms with Crippen LogP contribution in [0.5, 0.6) is 0 Å². The van der Waals surface area contributed by atoms with Crippen LogP contribution in [0.25, 0.3) is 0 Å². The second-order valence-electron chi connectivity index (χ2n) is 5.63. The first kappa shape index (κ1) is 17.8. The van der Waals surface area contributed by atoms with Crippen LogP contribution in [0.4, 0.5) is 14.9 Å². The molecule has 2 heterocycles. The molecule has 0 saturated heterocycles. The fourth-order valence-corrected chi connectivity index (χ4v) is 2.62. The van der Waals surface area contributed by atoms with E-state index in [4.69, 9.17) is 11.6 Å². The number of carbonyl (C=O) groups excluding carboxylic acids is 1. The maximum Gasteiger partial charge on any atom is 0.322 e. The highest BCUT2D eigenvalue weighted by Crippen LogP contribution is 2.23. The molecule has 26 heavy (non-hydrogen) atoms. The molecule has 1 N–H and O–H groups in total. The van der Waals surface area contributed by atoms with Crippen LogP contribution in [0, 0.1) is 5.82 Å². The highest BCUT2D eigenvalue weighted by Gasteiger charge is 2.16. The Balaban J connectivity index is 1.80. The number of benzene rings is 1. The van der Waals surface area contributed by atoms with E-state index in [0.717, 1.165) is 17.2 Å². The number of amides is 2. The van der Waals surface area contributed by atoms with Crippen LogP contribution >= 0.6 is 11.6 Å². The van der Waals surface area contributed by atoms with Crippen molar-refractivity contribution in [2.75, 3.05) is 5.32 Å². The van der Waals surface area contributed by atoms with E-state index in [1.54, 1.807) is 29.7 Å². The number of rotatable bonds is 5. The normalized spacial score (nSPS) is 10.4. The molecule has 0 saturated carbocycles. The zero-order valence-electron chi connectivity index (χ0n) is 13.8. The van der Waals surface area contributed by atoms with Crippen LogP contribution in [-0.4, -0.2) is 20.9 Å². The predicted molar refractivity (Wildman–Crippen MR) is 98.1 cm³/mol. The van der Waals surface area contributed by atoms with Gasteiger partial charge in [0.25, 0.3) is 0 Å². The molecule has 2 aromatic heterocycles. The van der Waals surface area contributed by atoms with Gasteiger partial charge in [0.1, 0.15) is 5.82 Å². The average molecular weight is 371 g/mol. The highest BCUT2D eigenvalue weighted by atomic mass is 35.5. The number of anilines is 1. The largest absolute Gasteiger partial charge is 0.322 e. The molecular weight excluding hydrogens is 355 g/mol. The number of hydrogen-bond acceptors (Lipinski definition) is 3. The lowest BCUT2D eigenvalue weighted by Gasteiger charge is -2.23. The predicted octanol–water partition coefficient (Wildman–Crippen LogP) is 4.50. The molecule has 0 aliphatic carbocycles. The van der Waals surface area contributed by atoms with Crippen molar-refractivity contribution < 1.29 is 9.18 Å². The molecule has 0 atom stereocenters. The van der Waals surface area contributed by atoms with Crippen molar-refractivity contribution in [1.82, 2.24) is 14.9 Å². The number of halogens is 2. The minimum atomic E-state index is -0.461. The van der Waals surface area contributed by atoms with Gasteiger partial charge in [-0.25, -0.2) is 9.18 Å². The summed E-state index contributed by atoms with van der Waals surface area (Å²) in [5, 5.41) is 2.87. The second kappa shape index (κ2) is 8.40. The van der Waals surface area contributed by atoms with Crippen LogP contribution in [0.3, 0.4) is 0 Å². The molecule has 2 amide bonds. The molecule has 0 aliphatic rings. The van der Waals surface area contributed by atoms with Crippen molar-refractivity contribution in [3.63, 3.8) is 0 Å². The minimum Gasteiger partial charge on any atom is -0.316 e. The van der Waals surface area contributed by atoms with E-state index in [9.17, 15) is 9.18 Å². The molecule has 0 fully saturated rings. The van der Waals surface area contributed by atoms with Gasteiger partial charge in [-0.05, 0) is 47.5 Å². The maximum absolute atomic E-state index is 13.2. The molecule has 7 heteroatoms. The summed E-state index contributed by atoms with van der Waals surface area (Å²) in [4.78, 5) is 22.5. The van der Waals surface area contributed by atoms with Crippen LogP contribution < -0.4 is 5.32 Å². The van der Waals surface area contributed by atoms with Crippen LogP contribution in [0.1, 0.15) is 11.1 Å². The van der Waals surface area contributed by atoms with Crippen molar-refractivity contribution in [2.24, 2.45) is 0 Å². The molecule has 0 unspecified atom stereocenters. The van der Waals surface area contributed by atoms with E-state index in [1.807, 2.05) is 24.3 Å². The van der Waals surface area contributed by atoms with Gasteiger partial charge in [0, 0.05) is 37.9 Å². The first-order valence-electron chi connectivity index (χ1n) is 7.90.